The maximum atomic E-state index is 12.4. The van der Waals surface area contributed by atoms with Gasteiger partial charge < -0.3 is 20.1 Å². The van der Waals surface area contributed by atoms with Crippen LogP contribution in [0.4, 0.5) is 0 Å². The average Bonchev–Trinajstić information content (AvgIpc) is 3.13. The van der Waals surface area contributed by atoms with E-state index in [0.29, 0.717) is 6.54 Å². The van der Waals surface area contributed by atoms with E-state index in [1.165, 1.54) is 0 Å². The second kappa shape index (κ2) is 5.32. The van der Waals surface area contributed by atoms with E-state index < -0.39 is 5.54 Å². The quantitative estimate of drug-likeness (QED) is 0.876. The van der Waals surface area contributed by atoms with Crippen molar-refractivity contribution in [3.8, 4) is 11.5 Å². The van der Waals surface area contributed by atoms with E-state index in [0.717, 1.165) is 42.9 Å². The number of ether oxygens (including phenoxy) is 2. The lowest BCUT2D eigenvalue weighted by Gasteiger charge is -2.26. The zero-order valence-corrected chi connectivity index (χ0v) is 11.7. The monoisotopic (exact) mass is 276 g/mol. The molecule has 0 radical (unpaired) electrons. The first-order valence-electron chi connectivity index (χ1n) is 7.16. The largest absolute Gasteiger partial charge is 0.454 e. The Morgan fingerprint density at radius 1 is 1.45 bits per heavy atom. The SMILES string of the molecule is CCC1(C(=O)NCc2cccc3c2OCO3)CCCN1. The standard InChI is InChI=1S/C15H20N2O3/c1-2-15(7-4-8-17-15)14(18)16-9-11-5-3-6-12-13(11)20-10-19-12/h3,5-6,17H,2,4,7-10H2,1H3,(H,16,18). The summed E-state index contributed by atoms with van der Waals surface area (Å²) in [6.45, 7) is 3.68. The number of hydrogen-bond donors (Lipinski definition) is 2. The van der Waals surface area contributed by atoms with E-state index in [2.05, 4.69) is 17.6 Å². The predicted octanol–water partition coefficient (Wildman–Crippen LogP) is 1.56. The summed E-state index contributed by atoms with van der Waals surface area (Å²) in [4.78, 5) is 12.4. The van der Waals surface area contributed by atoms with Crippen LogP contribution < -0.4 is 20.1 Å². The van der Waals surface area contributed by atoms with Gasteiger partial charge in [-0.25, -0.2) is 0 Å². The van der Waals surface area contributed by atoms with Crippen molar-refractivity contribution in [1.29, 1.82) is 0 Å². The molecule has 0 spiro atoms. The lowest BCUT2D eigenvalue weighted by molar-refractivity contribution is -0.127. The maximum absolute atomic E-state index is 12.4. The summed E-state index contributed by atoms with van der Waals surface area (Å²) in [6, 6.07) is 5.74. The number of nitrogens with one attached hydrogen (secondary N) is 2. The highest BCUT2D eigenvalue weighted by Gasteiger charge is 2.38. The Morgan fingerprint density at radius 3 is 3.10 bits per heavy atom. The molecule has 1 unspecified atom stereocenters. The molecule has 1 saturated heterocycles. The molecule has 0 aliphatic carbocycles. The molecule has 1 amide bonds. The number of benzene rings is 1. The van der Waals surface area contributed by atoms with Gasteiger partial charge in [-0.15, -0.1) is 0 Å². The number of para-hydroxylation sites is 1. The summed E-state index contributed by atoms with van der Waals surface area (Å²) >= 11 is 0. The number of rotatable bonds is 4. The van der Waals surface area contributed by atoms with Crippen LogP contribution in [-0.4, -0.2) is 24.8 Å². The van der Waals surface area contributed by atoms with Crippen LogP contribution in [-0.2, 0) is 11.3 Å². The summed E-state index contributed by atoms with van der Waals surface area (Å²) in [5.41, 5.74) is 0.563. The van der Waals surface area contributed by atoms with Crippen molar-refractivity contribution in [1.82, 2.24) is 10.6 Å². The number of amides is 1. The second-order valence-corrected chi connectivity index (χ2v) is 5.30. The predicted molar refractivity (Wildman–Crippen MR) is 74.7 cm³/mol. The second-order valence-electron chi connectivity index (χ2n) is 5.30. The molecule has 3 rings (SSSR count). The van der Waals surface area contributed by atoms with Gasteiger partial charge in [-0.2, -0.15) is 0 Å². The van der Waals surface area contributed by atoms with Gasteiger partial charge in [0.2, 0.25) is 12.7 Å². The van der Waals surface area contributed by atoms with Crippen LogP contribution in [0.5, 0.6) is 11.5 Å². The highest BCUT2D eigenvalue weighted by Crippen LogP contribution is 2.35. The molecule has 2 aliphatic heterocycles. The molecule has 108 valence electrons. The van der Waals surface area contributed by atoms with Crippen molar-refractivity contribution in [2.75, 3.05) is 13.3 Å². The minimum absolute atomic E-state index is 0.0778. The Labute approximate surface area is 118 Å². The highest BCUT2D eigenvalue weighted by molar-refractivity contribution is 5.86. The van der Waals surface area contributed by atoms with Crippen LogP contribution >= 0.6 is 0 Å². The van der Waals surface area contributed by atoms with Gasteiger partial charge in [0.1, 0.15) is 0 Å². The van der Waals surface area contributed by atoms with E-state index in [4.69, 9.17) is 9.47 Å². The summed E-state index contributed by atoms with van der Waals surface area (Å²) in [7, 11) is 0. The highest BCUT2D eigenvalue weighted by atomic mass is 16.7. The Bertz CT molecular complexity index is 510. The molecule has 1 aromatic rings. The molecule has 0 saturated carbocycles. The summed E-state index contributed by atoms with van der Waals surface area (Å²) in [5, 5.41) is 6.37. The number of fused-ring (bicyclic) bond motifs is 1. The lowest BCUT2D eigenvalue weighted by Crippen LogP contribution is -2.52. The van der Waals surface area contributed by atoms with Crippen molar-refractivity contribution in [2.24, 2.45) is 0 Å². The molecular formula is C15H20N2O3. The van der Waals surface area contributed by atoms with Crippen molar-refractivity contribution >= 4 is 5.91 Å². The molecular weight excluding hydrogens is 256 g/mol. The third kappa shape index (κ3) is 2.22. The van der Waals surface area contributed by atoms with Crippen molar-refractivity contribution in [3.63, 3.8) is 0 Å². The zero-order chi connectivity index (χ0) is 14.0. The first kappa shape index (κ1) is 13.2. The topological polar surface area (TPSA) is 59.6 Å². The van der Waals surface area contributed by atoms with Gasteiger partial charge in [-0.1, -0.05) is 19.1 Å². The van der Waals surface area contributed by atoms with Crippen LogP contribution in [0.25, 0.3) is 0 Å². The maximum Gasteiger partial charge on any atom is 0.240 e. The first-order chi connectivity index (χ1) is 9.75. The van der Waals surface area contributed by atoms with E-state index >= 15 is 0 Å². The molecule has 2 aliphatic rings. The van der Waals surface area contributed by atoms with E-state index in [-0.39, 0.29) is 12.7 Å². The van der Waals surface area contributed by atoms with Crippen LogP contribution in [0.2, 0.25) is 0 Å². The summed E-state index contributed by atoms with van der Waals surface area (Å²) in [6.07, 6.45) is 2.77. The van der Waals surface area contributed by atoms with Crippen LogP contribution in [0.15, 0.2) is 18.2 Å². The Morgan fingerprint density at radius 2 is 2.35 bits per heavy atom. The fourth-order valence-electron chi connectivity index (χ4n) is 2.94. The fourth-order valence-corrected chi connectivity index (χ4v) is 2.94. The molecule has 2 N–H and O–H groups in total. The third-order valence-electron chi connectivity index (χ3n) is 4.20. The molecule has 0 bridgehead atoms. The third-order valence-corrected chi connectivity index (χ3v) is 4.20. The molecule has 1 fully saturated rings. The van der Waals surface area contributed by atoms with E-state index in [9.17, 15) is 4.79 Å². The number of carbonyl (C=O) groups is 1. The van der Waals surface area contributed by atoms with Crippen molar-refractivity contribution < 1.29 is 14.3 Å². The zero-order valence-electron chi connectivity index (χ0n) is 11.7. The van der Waals surface area contributed by atoms with Crippen LogP contribution in [0.1, 0.15) is 31.7 Å². The summed E-state index contributed by atoms with van der Waals surface area (Å²) < 4.78 is 10.8. The Balaban J connectivity index is 1.68. The number of hydrogen-bond acceptors (Lipinski definition) is 4. The van der Waals surface area contributed by atoms with Gasteiger partial charge in [0.25, 0.3) is 0 Å². The van der Waals surface area contributed by atoms with E-state index in [1.807, 2.05) is 18.2 Å². The van der Waals surface area contributed by atoms with Crippen molar-refractivity contribution in [3.05, 3.63) is 23.8 Å². The number of carbonyl (C=O) groups excluding carboxylic acids is 1. The fraction of sp³-hybridized carbons (Fsp3) is 0.533. The smallest absolute Gasteiger partial charge is 0.240 e. The Kier molecular flexibility index (Phi) is 3.53. The van der Waals surface area contributed by atoms with Gasteiger partial charge in [0.05, 0.1) is 5.54 Å². The molecule has 1 aromatic carbocycles. The molecule has 5 nitrogen and oxygen atoms in total. The van der Waals surface area contributed by atoms with Crippen LogP contribution in [0, 0.1) is 0 Å². The minimum Gasteiger partial charge on any atom is -0.454 e. The van der Waals surface area contributed by atoms with E-state index in [1.54, 1.807) is 0 Å². The molecule has 5 heteroatoms. The minimum atomic E-state index is -0.394. The van der Waals surface area contributed by atoms with Gasteiger partial charge in [-0.05, 0) is 31.9 Å². The molecule has 0 aromatic heterocycles. The van der Waals surface area contributed by atoms with Gasteiger partial charge >= 0.3 is 0 Å². The molecule has 1 atom stereocenters. The lowest BCUT2D eigenvalue weighted by atomic mass is 9.93. The van der Waals surface area contributed by atoms with Gasteiger partial charge in [0.15, 0.2) is 11.5 Å². The summed E-state index contributed by atoms with van der Waals surface area (Å²) in [5.74, 6) is 1.58. The van der Waals surface area contributed by atoms with Crippen LogP contribution in [0.3, 0.4) is 0 Å². The molecule has 2 heterocycles. The van der Waals surface area contributed by atoms with Crippen molar-refractivity contribution in [2.45, 2.75) is 38.3 Å². The van der Waals surface area contributed by atoms with Gasteiger partial charge in [-0.3, -0.25) is 4.79 Å². The average molecular weight is 276 g/mol. The van der Waals surface area contributed by atoms with Gasteiger partial charge in [0, 0.05) is 12.1 Å². The molecule has 20 heavy (non-hydrogen) atoms. The first-order valence-corrected chi connectivity index (χ1v) is 7.16. The Hall–Kier alpha value is -1.75. The normalized spacial score (nSPS) is 23.9.